The second-order valence-electron chi connectivity index (χ2n) is 5.68. The number of anilines is 2. The summed E-state index contributed by atoms with van der Waals surface area (Å²) in [6, 6.07) is 14.9. The molecule has 0 saturated carbocycles. The second-order valence-corrected chi connectivity index (χ2v) is 5.68. The van der Waals surface area contributed by atoms with Crippen molar-refractivity contribution in [2.75, 3.05) is 12.4 Å². The van der Waals surface area contributed by atoms with Gasteiger partial charge in [-0.1, -0.05) is 45.4 Å². The molecular weight excluding hydrogens is 258 g/mol. The van der Waals surface area contributed by atoms with Crippen molar-refractivity contribution in [3.63, 3.8) is 0 Å². The molecule has 112 valence electrons. The summed E-state index contributed by atoms with van der Waals surface area (Å²) in [6.07, 6.45) is 2.17. The quantitative estimate of drug-likeness (QED) is 0.754. The molecule has 2 aromatic carbocycles. The van der Waals surface area contributed by atoms with E-state index in [4.69, 9.17) is 4.74 Å². The first kappa shape index (κ1) is 15.4. The minimum atomic E-state index is 0.562. The van der Waals surface area contributed by atoms with Crippen LogP contribution in [-0.4, -0.2) is 7.11 Å². The maximum absolute atomic E-state index is 5.49. The molecule has 0 heterocycles. The molecule has 2 heteroatoms. The van der Waals surface area contributed by atoms with Gasteiger partial charge < -0.3 is 10.1 Å². The average molecular weight is 283 g/mol. The van der Waals surface area contributed by atoms with Crippen LogP contribution in [0.5, 0.6) is 5.75 Å². The Bertz CT molecular complexity index is 573. The Morgan fingerprint density at radius 3 is 2.24 bits per heavy atom. The standard InChI is InChI=1S/C19H25NO/c1-5-6-16-9-12-18(13-19(16)21-4)20-17-10-7-15(8-11-17)14(2)3/h7-14,20H,5-6H2,1-4H3. The van der Waals surface area contributed by atoms with Gasteiger partial charge in [-0.05, 0) is 41.7 Å². The summed E-state index contributed by atoms with van der Waals surface area (Å²) in [7, 11) is 1.73. The molecule has 0 saturated heterocycles. The molecule has 0 unspecified atom stereocenters. The van der Waals surface area contributed by atoms with Gasteiger partial charge >= 0.3 is 0 Å². The van der Waals surface area contributed by atoms with E-state index >= 15 is 0 Å². The Morgan fingerprint density at radius 2 is 1.67 bits per heavy atom. The zero-order valence-electron chi connectivity index (χ0n) is 13.4. The van der Waals surface area contributed by atoms with Crippen LogP contribution >= 0.6 is 0 Å². The SMILES string of the molecule is CCCc1ccc(Nc2ccc(C(C)C)cc2)cc1OC. The lowest BCUT2D eigenvalue weighted by Crippen LogP contribution is -1.96. The molecule has 2 aromatic rings. The molecular formula is C19H25NO. The van der Waals surface area contributed by atoms with E-state index in [1.165, 1.54) is 11.1 Å². The zero-order valence-corrected chi connectivity index (χ0v) is 13.4. The molecule has 0 atom stereocenters. The van der Waals surface area contributed by atoms with E-state index in [9.17, 15) is 0 Å². The van der Waals surface area contributed by atoms with Crippen molar-refractivity contribution < 1.29 is 4.74 Å². The number of hydrogen-bond acceptors (Lipinski definition) is 2. The van der Waals surface area contributed by atoms with Crippen LogP contribution in [0.2, 0.25) is 0 Å². The fraction of sp³-hybridized carbons (Fsp3) is 0.368. The van der Waals surface area contributed by atoms with Crippen molar-refractivity contribution in [2.45, 2.75) is 39.5 Å². The molecule has 0 bridgehead atoms. The first-order chi connectivity index (χ1) is 10.1. The first-order valence-corrected chi connectivity index (χ1v) is 7.68. The van der Waals surface area contributed by atoms with E-state index in [-0.39, 0.29) is 0 Å². The summed E-state index contributed by atoms with van der Waals surface area (Å²) in [6.45, 7) is 6.60. The summed E-state index contributed by atoms with van der Waals surface area (Å²) in [5.74, 6) is 1.52. The molecule has 0 aromatic heterocycles. The van der Waals surface area contributed by atoms with Crippen molar-refractivity contribution in [3.05, 3.63) is 53.6 Å². The van der Waals surface area contributed by atoms with Crippen LogP contribution in [0.15, 0.2) is 42.5 Å². The Labute approximate surface area is 128 Å². The van der Waals surface area contributed by atoms with E-state index in [0.29, 0.717) is 5.92 Å². The van der Waals surface area contributed by atoms with Crippen LogP contribution in [0.1, 0.15) is 44.2 Å². The van der Waals surface area contributed by atoms with E-state index in [1.54, 1.807) is 7.11 Å². The molecule has 0 aliphatic carbocycles. The number of nitrogens with one attached hydrogen (secondary N) is 1. The number of methoxy groups -OCH3 is 1. The highest BCUT2D eigenvalue weighted by molar-refractivity contribution is 5.62. The number of rotatable bonds is 6. The molecule has 0 fully saturated rings. The van der Waals surface area contributed by atoms with E-state index in [1.807, 2.05) is 0 Å². The maximum atomic E-state index is 5.49. The molecule has 21 heavy (non-hydrogen) atoms. The van der Waals surface area contributed by atoms with Gasteiger partial charge in [0.2, 0.25) is 0 Å². The lowest BCUT2D eigenvalue weighted by molar-refractivity contribution is 0.409. The van der Waals surface area contributed by atoms with Crippen molar-refractivity contribution in [2.24, 2.45) is 0 Å². The summed E-state index contributed by atoms with van der Waals surface area (Å²) in [4.78, 5) is 0. The van der Waals surface area contributed by atoms with Gasteiger partial charge in [0, 0.05) is 17.4 Å². The van der Waals surface area contributed by atoms with Gasteiger partial charge in [-0.3, -0.25) is 0 Å². The highest BCUT2D eigenvalue weighted by Gasteiger charge is 2.04. The molecule has 2 nitrogen and oxygen atoms in total. The molecule has 0 radical (unpaired) electrons. The predicted molar refractivity (Wildman–Crippen MR) is 90.8 cm³/mol. The number of aryl methyl sites for hydroxylation is 1. The van der Waals surface area contributed by atoms with Gasteiger partial charge in [-0.2, -0.15) is 0 Å². The number of benzene rings is 2. The van der Waals surface area contributed by atoms with Crippen molar-refractivity contribution in [3.8, 4) is 5.75 Å². The summed E-state index contributed by atoms with van der Waals surface area (Å²) in [5.41, 5.74) is 4.78. The smallest absolute Gasteiger partial charge is 0.124 e. The van der Waals surface area contributed by atoms with E-state index < -0.39 is 0 Å². The topological polar surface area (TPSA) is 21.3 Å². The van der Waals surface area contributed by atoms with Crippen molar-refractivity contribution in [1.82, 2.24) is 0 Å². The number of ether oxygens (including phenoxy) is 1. The third kappa shape index (κ3) is 4.01. The summed E-state index contributed by atoms with van der Waals surface area (Å²) in [5, 5.41) is 3.43. The highest BCUT2D eigenvalue weighted by atomic mass is 16.5. The summed E-state index contributed by atoms with van der Waals surface area (Å²) >= 11 is 0. The lowest BCUT2D eigenvalue weighted by Gasteiger charge is -2.13. The molecule has 0 amide bonds. The van der Waals surface area contributed by atoms with Gasteiger partial charge in [0.1, 0.15) is 5.75 Å². The Kier molecular flexibility index (Phi) is 5.26. The van der Waals surface area contributed by atoms with Gasteiger partial charge in [0.15, 0.2) is 0 Å². The van der Waals surface area contributed by atoms with Gasteiger partial charge in [0.05, 0.1) is 7.11 Å². The van der Waals surface area contributed by atoms with Crippen LogP contribution in [0.4, 0.5) is 11.4 Å². The Morgan fingerprint density at radius 1 is 1.00 bits per heavy atom. The van der Waals surface area contributed by atoms with Crippen molar-refractivity contribution in [1.29, 1.82) is 0 Å². The highest BCUT2D eigenvalue weighted by Crippen LogP contribution is 2.27. The molecule has 0 aliphatic heterocycles. The van der Waals surface area contributed by atoms with Crippen LogP contribution < -0.4 is 10.1 Å². The van der Waals surface area contributed by atoms with E-state index in [0.717, 1.165) is 30.0 Å². The fourth-order valence-electron chi connectivity index (χ4n) is 2.42. The molecule has 0 aliphatic rings. The fourth-order valence-corrected chi connectivity index (χ4v) is 2.42. The largest absolute Gasteiger partial charge is 0.496 e. The maximum Gasteiger partial charge on any atom is 0.124 e. The van der Waals surface area contributed by atoms with Gasteiger partial charge in [0.25, 0.3) is 0 Å². The minimum absolute atomic E-state index is 0.562. The third-order valence-electron chi connectivity index (χ3n) is 3.67. The lowest BCUT2D eigenvalue weighted by atomic mass is 10.0. The van der Waals surface area contributed by atoms with Crippen LogP contribution in [0.25, 0.3) is 0 Å². The third-order valence-corrected chi connectivity index (χ3v) is 3.67. The van der Waals surface area contributed by atoms with Crippen LogP contribution in [-0.2, 0) is 6.42 Å². The average Bonchev–Trinajstić information content (AvgIpc) is 2.49. The van der Waals surface area contributed by atoms with Gasteiger partial charge in [-0.25, -0.2) is 0 Å². The predicted octanol–water partition coefficient (Wildman–Crippen LogP) is 5.51. The number of hydrogen-bond donors (Lipinski definition) is 1. The Hall–Kier alpha value is -1.96. The Balaban J connectivity index is 2.15. The second kappa shape index (κ2) is 7.16. The van der Waals surface area contributed by atoms with Gasteiger partial charge in [-0.15, -0.1) is 0 Å². The van der Waals surface area contributed by atoms with Crippen LogP contribution in [0, 0.1) is 0 Å². The molecule has 2 rings (SSSR count). The molecule has 0 spiro atoms. The zero-order chi connectivity index (χ0) is 15.2. The summed E-state index contributed by atoms with van der Waals surface area (Å²) < 4.78 is 5.49. The van der Waals surface area contributed by atoms with E-state index in [2.05, 4.69) is 68.6 Å². The van der Waals surface area contributed by atoms with Crippen LogP contribution in [0.3, 0.4) is 0 Å². The molecule has 1 N–H and O–H groups in total. The minimum Gasteiger partial charge on any atom is -0.496 e. The normalized spacial score (nSPS) is 10.7. The monoisotopic (exact) mass is 283 g/mol. The first-order valence-electron chi connectivity index (χ1n) is 7.68. The van der Waals surface area contributed by atoms with Crippen molar-refractivity contribution >= 4 is 11.4 Å².